The predicted octanol–water partition coefficient (Wildman–Crippen LogP) is 8.39. The summed E-state index contributed by atoms with van der Waals surface area (Å²) in [6.07, 6.45) is 5.48. The molecule has 0 unspecified atom stereocenters. The Balaban J connectivity index is 0.000000213. The Kier molecular flexibility index (Phi) is 8.64. The summed E-state index contributed by atoms with van der Waals surface area (Å²) in [5.74, 6) is 1.52. The van der Waals surface area contributed by atoms with Gasteiger partial charge in [0.2, 0.25) is 0 Å². The van der Waals surface area contributed by atoms with Crippen molar-refractivity contribution in [1.82, 2.24) is 14.5 Å². The largest absolute Gasteiger partial charge is 0.507 e. The van der Waals surface area contributed by atoms with Crippen LogP contribution >= 0.6 is 0 Å². The molecule has 6 aromatic rings. The van der Waals surface area contributed by atoms with Crippen LogP contribution in [0.1, 0.15) is 36.5 Å². The Hall–Kier alpha value is -3.79. The number of aromatic nitrogens is 3. The molecule has 0 aliphatic carbocycles. The van der Waals surface area contributed by atoms with Crippen LogP contribution in [-0.4, -0.2) is 19.6 Å². The van der Waals surface area contributed by atoms with Crippen molar-refractivity contribution in [3.05, 3.63) is 114 Å². The smallest absolute Gasteiger partial charge is 0.143 e. The van der Waals surface area contributed by atoms with Crippen molar-refractivity contribution in [3.63, 3.8) is 0 Å². The van der Waals surface area contributed by atoms with E-state index in [-0.39, 0.29) is 25.9 Å². The van der Waals surface area contributed by atoms with E-state index in [2.05, 4.69) is 87.3 Å². The zero-order chi connectivity index (χ0) is 26.8. The predicted molar refractivity (Wildman–Crippen MR) is 157 cm³/mol. The summed E-state index contributed by atoms with van der Waals surface area (Å²) in [5, 5.41) is 14.6. The summed E-state index contributed by atoms with van der Waals surface area (Å²) in [6, 6.07) is 28.2. The van der Waals surface area contributed by atoms with Crippen molar-refractivity contribution in [1.29, 1.82) is 0 Å². The SMILES string of the molecule is Cc1[c-]c(-c2nccc3cc(C(C)C)c4ccccc4c23)cc(C)c1.Cn1ccnc1-c1ccccc1O.[Ir]. The Morgan fingerprint density at radius 1 is 0.846 bits per heavy atom. The molecule has 0 saturated carbocycles. The summed E-state index contributed by atoms with van der Waals surface area (Å²) >= 11 is 0. The number of hydrogen-bond acceptors (Lipinski definition) is 3. The first-order chi connectivity index (χ1) is 18.3. The van der Waals surface area contributed by atoms with Crippen LogP contribution in [0.4, 0.5) is 0 Å². The number of rotatable bonds is 3. The molecule has 2 aromatic heterocycles. The number of phenolic OH excluding ortho intramolecular Hbond substituents is 1. The average molecular weight is 691 g/mol. The molecule has 2 heterocycles. The zero-order valence-corrected chi connectivity index (χ0v) is 25.3. The van der Waals surface area contributed by atoms with Crippen LogP contribution in [-0.2, 0) is 27.2 Å². The van der Waals surface area contributed by atoms with Gasteiger partial charge in [-0.3, -0.25) is 0 Å². The van der Waals surface area contributed by atoms with Crippen LogP contribution in [0.15, 0.2) is 91.4 Å². The molecule has 1 radical (unpaired) electrons. The van der Waals surface area contributed by atoms with Gasteiger partial charge in [0.25, 0.3) is 0 Å². The molecule has 0 aliphatic rings. The zero-order valence-electron chi connectivity index (χ0n) is 22.9. The second-order valence-corrected chi connectivity index (χ2v) is 10.1. The normalized spacial score (nSPS) is 10.8. The number of imidazole rings is 1. The molecule has 0 bridgehead atoms. The van der Waals surface area contributed by atoms with Gasteiger partial charge in [-0.15, -0.1) is 34.9 Å². The van der Waals surface area contributed by atoms with E-state index < -0.39 is 0 Å². The third-order valence-corrected chi connectivity index (χ3v) is 6.79. The monoisotopic (exact) mass is 691 g/mol. The van der Waals surface area contributed by atoms with E-state index >= 15 is 0 Å². The molecule has 0 fully saturated rings. The van der Waals surface area contributed by atoms with Gasteiger partial charge in [-0.2, -0.15) is 0 Å². The Morgan fingerprint density at radius 2 is 1.56 bits per heavy atom. The molecule has 39 heavy (non-hydrogen) atoms. The number of para-hydroxylation sites is 1. The standard InChI is InChI=1S/C24H22N.C10H10N2O.Ir/c1-15(2)22-14-18-9-10-25-24(19-12-16(3)11-17(4)13-19)23(18)21-8-6-5-7-20(21)22;1-12-7-6-11-10(12)8-4-2-3-5-9(8)13;/h5-12,14-15H,1-4H3;2-7,13H,1H3;/q-1;;. The molecule has 6 rings (SSSR count). The molecule has 4 nitrogen and oxygen atoms in total. The van der Waals surface area contributed by atoms with Crippen molar-refractivity contribution < 1.29 is 25.2 Å². The summed E-state index contributed by atoms with van der Waals surface area (Å²) in [7, 11) is 1.90. The minimum atomic E-state index is 0. The van der Waals surface area contributed by atoms with Gasteiger partial charge in [0, 0.05) is 45.7 Å². The van der Waals surface area contributed by atoms with Crippen LogP contribution in [0.3, 0.4) is 0 Å². The van der Waals surface area contributed by atoms with Crippen LogP contribution in [0.5, 0.6) is 5.75 Å². The van der Waals surface area contributed by atoms with Gasteiger partial charge in [-0.1, -0.05) is 70.2 Å². The van der Waals surface area contributed by atoms with Crippen LogP contribution in [0.25, 0.3) is 44.2 Å². The number of fused-ring (bicyclic) bond motifs is 3. The van der Waals surface area contributed by atoms with Crippen LogP contribution < -0.4 is 0 Å². The van der Waals surface area contributed by atoms with Gasteiger partial charge in [0.05, 0.1) is 5.56 Å². The molecule has 199 valence electrons. The molecule has 0 saturated heterocycles. The maximum Gasteiger partial charge on any atom is 0.143 e. The molecule has 0 aliphatic heterocycles. The number of pyridine rings is 1. The number of aromatic hydroxyl groups is 1. The van der Waals surface area contributed by atoms with Crippen molar-refractivity contribution in [2.24, 2.45) is 7.05 Å². The van der Waals surface area contributed by atoms with Crippen LogP contribution in [0.2, 0.25) is 0 Å². The molecular formula is C34H32IrN3O-. The maximum absolute atomic E-state index is 9.55. The van der Waals surface area contributed by atoms with E-state index in [0.717, 1.165) is 28.2 Å². The van der Waals surface area contributed by atoms with Crippen molar-refractivity contribution >= 4 is 21.5 Å². The third-order valence-electron chi connectivity index (χ3n) is 6.79. The van der Waals surface area contributed by atoms with Gasteiger partial charge >= 0.3 is 0 Å². The van der Waals surface area contributed by atoms with E-state index in [4.69, 9.17) is 4.98 Å². The van der Waals surface area contributed by atoms with E-state index in [1.807, 2.05) is 36.1 Å². The quantitative estimate of drug-likeness (QED) is 0.150. The number of nitrogens with zero attached hydrogens (tertiary/aromatic N) is 3. The summed E-state index contributed by atoms with van der Waals surface area (Å²) in [5.41, 5.74) is 6.64. The van der Waals surface area contributed by atoms with E-state index in [1.54, 1.807) is 18.3 Å². The summed E-state index contributed by atoms with van der Waals surface area (Å²) < 4.78 is 1.87. The molecule has 4 aromatic carbocycles. The Labute approximate surface area is 243 Å². The number of benzene rings is 4. The van der Waals surface area contributed by atoms with E-state index in [1.165, 1.54) is 32.7 Å². The van der Waals surface area contributed by atoms with Gasteiger partial charge in [0.1, 0.15) is 11.6 Å². The van der Waals surface area contributed by atoms with Crippen molar-refractivity contribution in [2.45, 2.75) is 33.6 Å². The van der Waals surface area contributed by atoms with E-state index in [9.17, 15) is 5.11 Å². The van der Waals surface area contributed by atoms with Gasteiger partial charge in [-0.25, -0.2) is 4.98 Å². The first kappa shape index (κ1) is 28.2. The third kappa shape index (κ3) is 5.80. The number of phenols is 1. The van der Waals surface area contributed by atoms with Crippen molar-refractivity contribution in [3.8, 4) is 28.4 Å². The molecule has 0 spiro atoms. The Bertz CT molecular complexity index is 1730. The fraction of sp³-hybridized carbons (Fsp3) is 0.176. The number of aryl methyl sites for hydroxylation is 3. The van der Waals surface area contributed by atoms with Crippen molar-refractivity contribution in [2.75, 3.05) is 0 Å². The molecule has 5 heteroatoms. The summed E-state index contributed by atoms with van der Waals surface area (Å²) in [4.78, 5) is 8.90. The molecule has 1 N–H and O–H groups in total. The fourth-order valence-electron chi connectivity index (χ4n) is 5.07. The fourth-order valence-corrected chi connectivity index (χ4v) is 5.07. The maximum atomic E-state index is 9.55. The van der Waals surface area contributed by atoms with Gasteiger partial charge in [-0.05, 0) is 56.9 Å². The van der Waals surface area contributed by atoms with Gasteiger partial charge < -0.3 is 14.7 Å². The van der Waals surface area contributed by atoms with E-state index in [0.29, 0.717) is 5.92 Å². The topological polar surface area (TPSA) is 50.9 Å². The molecule has 0 amide bonds. The minimum Gasteiger partial charge on any atom is -0.507 e. The second-order valence-electron chi connectivity index (χ2n) is 10.1. The Morgan fingerprint density at radius 3 is 2.23 bits per heavy atom. The molecular weight excluding hydrogens is 659 g/mol. The summed E-state index contributed by atoms with van der Waals surface area (Å²) in [6.45, 7) is 8.74. The first-order valence-corrected chi connectivity index (χ1v) is 12.9. The minimum absolute atomic E-state index is 0. The first-order valence-electron chi connectivity index (χ1n) is 12.9. The number of hydrogen-bond donors (Lipinski definition) is 1. The average Bonchev–Trinajstić information content (AvgIpc) is 3.33. The van der Waals surface area contributed by atoms with Gasteiger partial charge in [0.15, 0.2) is 0 Å². The molecule has 0 atom stereocenters. The second kappa shape index (κ2) is 11.9. The van der Waals surface area contributed by atoms with Crippen LogP contribution in [0, 0.1) is 19.9 Å².